The summed E-state index contributed by atoms with van der Waals surface area (Å²) in [6.45, 7) is 1.25. The Hall–Kier alpha value is -1.48. The number of halogens is 2. The van der Waals surface area contributed by atoms with Crippen molar-refractivity contribution in [2.75, 3.05) is 18.1 Å². The number of rotatable bonds is 11. The summed E-state index contributed by atoms with van der Waals surface area (Å²) in [7, 11) is 0. The van der Waals surface area contributed by atoms with Gasteiger partial charge in [-0.1, -0.05) is 30.1 Å². The van der Waals surface area contributed by atoms with E-state index < -0.39 is 24.6 Å². The Morgan fingerprint density at radius 1 is 1.19 bits per heavy atom. The lowest BCUT2D eigenvalue weighted by atomic mass is 9.97. The fourth-order valence-corrected chi connectivity index (χ4v) is 3.65. The largest absolute Gasteiger partial charge is 0.480 e. The molecule has 0 unspecified atom stereocenters. The van der Waals surface area contributed by atoms with E-state index in [0.29, 0.717) is 12.2 Å². The maximum atomic E-state index is 12.7. The smallest absolute Gasteiger partial charge is 0.341 e. The zero-order valence-corrected chi connectivity index (χ0v) is 16.2. The summed E-state index contributed by atoms with van der Waals surface area (Å²) in [5.41, 5.74) is 5.65. The summed E-state index contributed by atoms with van der Waals surface area (Å²) in [4.78, 5) is 34.0. The van der Waals surface area contributed by atoms with Gasteiger partial charge in [0.1, 0.15) is 16.8 Å². The molecule has 0 bridgehead atoms. The van der Waals surface area contributed by atoms with Gasteiger partial charge in [0.2, 0.25) is 0 Å². The summed E-state index contributed by atoms with van der Waals surface area (Å²) in [5, 5.41) is 17.4. The SMILES string of the molecule is CC[C@@H](CSC[C@@H](N)C(=O)O)C(=O)c1ccc(OCC(=O)O)c(Cl)c1Cl. The molecule has 10 heteroatoms. The van der Waals surface area contributed by atoms with Crippen molar-refractivity contribution in [1.82, 2.24) is 0 Å². The average molecular weight is 424 g/mol. The molecular weight excluding hydrogens is 405 g/mol. The van der Waals surface area contributed by atoms with Gasteiger partial charge in [-0.2, -0.15) is 11.8 Å². The van der Waals surface area contributed by atoms with E-state index in [0.717, 1.165) is 0 Å². The van der Waals surface area contributed by atoms with E-state index in [-0.39, 0.29) is 38.8 Å². The van der Waals surface area contributed by atoms with Crippen LogP contribution < -0.4 is 10.5 Å². The van der Waals surface area contributed by atoms with Crippen LogP contribution in [0.25, 0.3) is 0 Å². The molecule has 0 heterocycles. The molecule has 0 radical (unpaired) electrons. The van der Waals surface area contributed by atoms with E-state index in [4.69, 9.17) is 43.9 Å². The molecule has 1 rings (SSSR count). The molecule has 26 heavy (non-hydrogen) atoms. The lowest BCUT2D eigenvalue weighted by Crippen LogP contribution is -2.33. The maximum absolute atomic E-state index is 12.7. The zero-order valence-electron chi connectivity index (χ0n) is 13.9. The molecule has 1 aromatic rings. The number of ketones is 1. The van der Waals surface area contributed by atoms with Gasteiger partial charge >= 0.3 is 11.9 Å². The van der Waals surface area contributed by atoms with E-state index in [1.807, 2.05) is 6.92 Å². The minimum atomic E-state index is -1.17. The van der Waals surface area contributed by atoms with Crippen LogP contribution >= 0.6 is 35.0 Å². The van der Waals surface area contributed by atoms with E-state index in [9.17, 15) is 14.4 Å². The molecule has 0 spiro atoms. The third-order valence-corrected chi connectivity index (χ3v) is 5.56. The van der Waals surface area contributed by atoms with Gasteiger partial charge in [0.25, 0.3) is 0 Å². The summed E-state index contributed by atoms with van der Waals surface area (Å²) in [6, 6.07) is 1.84. The third-order valence-electron chi connectivity index (χ3n) is 3.46. The standard InChI is InChI=1S/C16H19Cl2NO6S/c1-2-8(6-26-7-10(19)16(23)24)15(22)9-3-4-11(14(18)13(9)17)25-5-12(20)21/h3-4,8,10H,2,5-7,19H2,1H3,(H,20,21)(H,23,24)/t8-,10+/m0/s1. The van der Waals surface area contributed by atoms with E-state index >= 15 is 0 Å². The number of aliphatic carboxylic acids is 2. The molecule has 0 aliphatic heterocycles. The van der Waals surface area contributed by atoms with Crippen LogP contribution in [-0.2, 0) is 9.59 Å². The van der Waals surface area contributed by atoms with Crippen LogP contribution in [0.2, 0.25) is 10.0 Å². The molecule has 1 aromatic carbocycles. The van der Waals surface area contributed by atoms with Crippen LogP contribution in [0.1, 0.15) is 23.7 Å². The van der Waals surface area contributed by atoms with Crippen molar-refractivity contribution in [1.29, 1.82) is 0 Å². The molecule has 0 fully saturated rings. The molecule has 4 N–H and O–H groups in total. The van der Waals surface area contributed by atoms with Crippen molar-refractivity contribution >= 4 is 52.7 Å². The van der Waals surface area contributed by atoms with E-state index in [2.05, 4.69) is 0 Å². The first kappa shape index (κ1) is 22.6. The van der Waals surface area contributed by atoms with Crippen LogP contribution in [0.15, 0.2) is 12.1 Å². The van der Waals surface area contributed by atoms with Gasteiger partial charge in [-0.3, -0.25) is 9.59 Å². The fraction of sp³-hybridized carbons (Fsp3) is 0.438. The Labute approximate surface area is 164 Å². The molecule has 144 valence electrons. The van der Waals surface area contributed by atoms with Gasteiger partial charge in [-0.15, -0.1) is 0 Å². The monoisotopic (exact) mass is 423 g/mol. The van der Waals surface area contributed by atoms with Crippen LogP contribution in [0.5, 0.6) is 5.75 Å². The Morgan fingerprint density at radius 3 is 2.38 bits per heavy atom. The molecule has 7 nitrogen and oxygen atoms in total. The lowest BCUT2D eigenvalue weighted by molar-refractivity contribution is -0.139. The highest BCUT2D eigenvalue weighted by atomic mass is 35.5. The highest BCUT2D eigenvalue weighted by Gasteiger charge is 2.24. The third kappa shape index (κ3) is 6.35. The maximum Gasteiger partial charge on any atom is 0.341 e. The molecule has 0 aromatic heterocycles. The molecule has 0 aliphatic carbocycles. The zero-order chi connectivity index (χ0) is 19.9. The van der Waals surface area contributed by atoms with Crippen LogP contribution in [0.4, 0.5) is 0 Å². The summed E-state index contributed by atoms with van der Waals surface area (Å²) in [5.74, 6) is -2.23. The number of carbonyl (C=O) groups is 3. The Morgan fingerprint density at radius 2 is 1.85 bits per heavy atom. The van der Waals surface area contributed by atoms with Gasteiger partial charge < -0.3 is 20.7 Å². The average Bonchev–Trinajstić information content (AvgIpc) is 2.59. The van der Waals surface area contributed by atoms with Gasteiger partial charge in [-0.05, 0) is 18.6 Å². The van der Waals surface area contributed by atoms with E-state index in [1.165, 1.54) is 23.9 Å². The predicted octanol–water partition coefficient (Wildman–Crippen LogP) is 2.81. The molecule has 0 saturated heterocycles. The quantitative estimate of drug-likeness (QED) is 0.463. The molecule has 0 amide bonds. The fourth-order valence-electron chi connectivity index (χ4n) is 1.98. The van der Waals surface area contributed by atoms with Gasteiger partial charge in [0.15, 0.2) is 12.4 Å². The first-order chi connectivity index (χ1) is 12.2. The van der Waals surface area contributed by atoms with Crippen molar-refractivity contribution < 1.29 is 29.3 Å². The summed E-state index contributed by atoms with van der Waals surface area (Å²) in [6.07, 6.45) is 0.527. The minimum Gasteiger partial charge on any atom is -0.480 e. The van der Waals surface area contributed by atoms with Crippen molar-refractivity contribution in [3.8, 4) is 5.75 Å². The summed E-state index contributed by atoms with van der Waals surface area (Å²) >= 11 is 13.5. The first-order valence-corrected chi connectivity index (χ1v) is 9.53. The second-order valence-corrected chi connectivity index (χ2v) is 7.20. The van der Waals surface area contributed by atoms with Gasteiger partial charge in [0, 0.05) is 23.0 Å². The number of Topliss-reactive ketones (excluding diaryl/α,β-unsaturated/α-hetero) is 1. The summed E-state index contributed by atoms with van der Waals surface area (Å²) < 4.78 is 5.01. The number of nitrogens with two attached hydrogens (primary N) is 1. The number of benzene rings is 1. The number of thioether (sulfide) groups is 1. The number of carboxylic acids is 2. The van der Waals surface area contributed by atoms with Crippen molar-refractivity contribution in [2.45, 2.75) is 19.4 Å². The molecule has 2 atom stereocenters. The molecule has 0 aliphatic rings. The Balaban J connectivity index is 2.84. The number of hydrogen-bond acceptors (Lipinski definition) is 6. The Bertz CT molecular complexity index is 685. The first-order valence-electron chi connectivity index (χ1n) is 7.61. The van der Waals surface area contributed by atoms with Crippen molar-refractivity contribution in [3.05, 3.63) is 27.7 Å². The number of hydrogen-bond donors (Lipinski definition) is 3. The van der Waals surface area contributed by atoms with Gasteiger partial charge in [0.05, 0.1) is 5.02 Å². The molecular formula is C16H19Cl2NO6S. The van der Waals surface area contributed by atoms with Gasteiger partial charge in [-0.25, -0.2) is 4.79 Å². The lowest BCUT2D eigenvalue weighted by Gasteiger charge is -2.16. The second kappa shape index (κ2) is 10.6. The second-order valence-electron chi connectivity index (χ2n) is 5.37. The van der Waals surface area contributed by atoms with Crippen molar-refractivity contribution in [3.63, 3.8) is 0 Å². The number of carbonyl (C=O) groups excluding carboxylic acids is 1. The minimum absolute atomic E-state index is 0.00903. The highest BCUT2D eigenvalue weighted by Crippen LogP contribution is 2.36. The number of ether oxygens (including phenoxy) is 1. The van der Waals surface area contributed by atoms with Crippen LogP contribution in [-0.4, -0.2) is 52.1 Å². The van der Waals surface area contributed by atoms with Crippen LogP contribution in [0, 0.1) is 5.92 Å². The van der Waals surface area contributed by atoms with E-state index in [1.54, 1.807) is 0 Å². The topological polar surface area (TPSA) is 127 Å². The number of carboxylic acid groups (broad SMARTS) is 2. The molecule has 0 saturated carbocycles. The highest BCUT2D eigenvalue weighted by molar-refractivity contribution is 7.99. The van der Waals surface area contributed by atoms with Crippen LogP contribution in [0.3, 0.4) is 0 Å². The normalized spacial score (nSPS) is 13.1. The Kier molecular flexibility index (Phi) is 9.21. The van der Waals surface area contributed by atoms with Crippen molar-refractivity contribution in [2.24, 2.45) is 11.7 Å². The predicted molar refractivity (Wildman–Crippen MR) is 101 cm³/mol.